The van der Waals surface area contributed by atoms with Crippen molar-refractivity contribution in [2.24, 2.45) is 12.8 Å². The number of para-hydroxylation sites is 1. The number of fused-ring (bicyclic) bond motifs is 1. The Bertz CT molecular complexity index is 1020. The van der Waals surface area contributed by atoms with Gasteiger partial charge in [-0.15, -0.1) is 12.4 Å². The summed E-state index contributed by atoms with van der Waals surface area (Å²) in [6.45, 7) is 4.43. The van der Waals surface area contributed by atoms with Crippen molar-refractivity contribution in [1.82, 2.24) is 14.5 Å². The molecule has 0 saturated carbocycles. The van der Waals surface area contributed by atoms with Crippen LogP contribution in [0.25, 0.3) is 11.0 Å². The maximum absolute atomic E-state index is 12.9. The van der Waals surface area contributed by atoms with Gasteiger partial charge in [-0.3, -0.25) is 24.0 Å². The molecule has 0 radical (unpaired) electrons. The number of imide groups is 1. The van der Waals surface area contributed by atoms with E-state index in [0.29, 0.717) is 77.8 Å². The summed E-state index contributed by atoms with van der Waals surface area (Å²) in [5.41, 5.74) is 7.45. The number of benzene rings is 1. The second-order valence-corrected chi connectivity index (χ2v) is 7.95. The van der Waals surface area contributed by atoms with Crippen molar-refractivity contribution in [3.63, 3.8) is 0 Å². The van der Waals surface area contributed by atoms with E-state index in [1.807, 2.05) is 18.2 Å². The monoisotopic (exact) mass is 514 g/mol. The molecule has 11 nitrogen and oxygen atoms in total. The molecule has 1 atom stereocenters. The predicted molar refractivity (Wildman–Crippen MR) is 132 cm³/mol. The number of hydrogen-bond donors (Lipinski definition) is 2. The van der Waals surface area contributed by atoms with Crippen molar-refractivity contribution in [2.75, 3.05) is 59.4 Å². The lowest BCUT2D eigenvalue weighted by Gasteiger charge is -2.21. The molecule has 1 aliphatic rings. The van der Waals surface area contributed by atoms with Crippen molar-refractivity contribution < 1.29 is 28.5 Å². The molecular formula is C23H35ClN4O7. The van der Waals surface area contributed by atoms with Gasteiger partial charge in [0.2, 0.25) is 11.8 Å². The minimum Gasteiger partial charge on any atom is -0.379 e. The van der Waals surface area contributed by atoms with Gasteiger partial charge in [0.15, 0.2) is 0 Å². The number of nitrogens with two attached hydrogens (primary N) is 1. The summed E-state index contributed by atoms with van der Waals surface area (Å²) < 4.78 is 24.8. The lowest BCUT2D eigenvalue weighted by Crippen LogP contribution is -2.44. The van der Waals surface area contributed by atoms with E-state index in [0.717, 1.165) is 11.1 Å². The van der Waals surface area contributed by atoms with Gasteiger partial charge in [-0.25, -0.2) is 4.79 Å². The molecule has 1 fully saturated rings. The van der Waals surface area contributed by atoms with Gasteiger partial charge in [-0.1, -0.05) is 12.1 Å². The zero-order valence-electron chi connectivity index (χ0n) is 20.0. The van der Waals surface area contributed by atoms with E-state index in [9.17, 15) is 14.4 Å². The number of ether oxygens (including phenoxy) is 4. The molecule has 2 amide bonds. The molecule has 2 aromatic rings. The van der Waals surface area contributed by atoms with Crippen LogP contribution in [0.3, 0.4) is 0 Å². The lowest BCUT2D eigenvalue weighted by molar-refractivity contribution is -0.135. The van der Waals surface area contributed by atoms with Crippen LogP contribution in [0.1, 0.15) is 24.4 Å². The van der Waals surface area contributed by atoms with Crippen LogP contribution in [-0.4, -0.2) is 80.3 Å². The van der Waals surface area contributed by atoms with E-state index in [2.05, 4.69) is 5.32 Å². The van der Waals surface area contributed by atoms with Crippen LogP contribution in [0, 0.1) is 0 Å². The number of aryl methyl sites for hydroxylation is 1. The van der Waals surface area contributed by atoms with Crippen LogP contribution < -0.4 is 16.7 Å². The van der Waals surface area contributed by atoms with E-state index in [4.69, 9.17) is 24.7 Å². The van der Waals surface area contributed by atoms with Gasteiger partial charge in [0.25, 0.3) is 0 Å². The summed E-state index contributed by atoms with van der Waals surface area (Å²) in [5.74, 6) is -0.748. The van der Waals surface area contributed by atoms with Gasteiger partial charge in [0.1, 0.15) is 6.04 Å². The summed E-state index contributed by atoms with van der Waals surface area (Å²) in [6, 6.07) is 4.94. The number of nitrogens with zero attached hydrogens (tertiary/aromatic N) is 2. The zero-order valence-corrected chi connectivity index (χ0v) is 20.8. The van der Waals surface area contributed by atoms with Crippen molar-refractivity contribution in [1.29, 1.82) is 0 Å². The molecular weight excluding hydrogens is 480 g/mol. The van der Waals surface area contributed by atoms with E-state index >= 15 is 0 Å². The van der Waals surface area contributed by atoms with Gasteiger partial charge in [0.05, 0.1) is 63.9 Å². The molecule has 1 aromatic carbocycles. The van der Waals surface area contributed by atoms with Gasteiger partial charge in [-0.05, 0) is 24.5 Å². The Labute approximate surface area is 210 Å². The maximum atomic E-state index is 12.9. The molecule has 2 heterocycles. The number of carbonyl (C=O) groups excluding carboxylic acids is 2. The first-order valence-corrected chi connectivity index (χ1v) is 11.6. The van der Waals surface area contributed by atoms with Gasteiger partial charge < -0.3 is 24.7 Å². The number of nitrogens with one attached hydrogen (secondary N) is 1. The molecule has 196 valence electrons. The largest absolute Gasteiger partial charge is 0.379 e. The predicted octanol–water partition coefficient (Wildman–Crippen LogP) is 0.307. The summed E-state index contributed by atoms with van der Waals surface area (Å²) in [6.07, 6.45) is 1.13. The first-order chi connectivity index (χ1) is 16.5. The highest BCUT2D eigenvalue weighted by Crippen LogP contribution is 2.25. The second kappa shape index (κ2) is 15.0. The van der Waals surface area contributed by atoms with Crippen LogP contribution in [-0.2, 0) is 42.0 Å². The molecule has 1 aliphatic heterocycles. The minimum absolute atomic E-state index is 0. The Balaban J connectivity index is 0.00000432. The number of amides is 2. The van der Waals surface area contributed by atoms with E-state index in [1.54, 1.807) is 11.6 Å². The van der Waals surface area contributed by atoms with Crippen molar-refractivity contribution >= 4 is 35.3 Å². The smallest absolute Gasteiger partial charge is 0.329 e. The molecule has 0 bridgehead atoms. The number of aromatic nitrogens is 2. The Morgan fingerprint density at radius 1 is 0.943 bits per heavy atom. The molecule has 1 unspecified atom stereocenters. The molecule has 0 spiro atoms. The number of carbonyl (C=O) groups is 2. The summed E-state index contributed by atoms with van der Waals surface area (Å²) in [4.78, 5) is 36.8. The molecule has 35 heavy (non-hydrogen) atoms. The molecule has 0 aliphatic carbocycles. The van der Waals surface area contributed by atoms with Crippen LogP contribution in [0.15, 0.2) is 23.0 Å². The minimum atomic E-state index is -0.694. The number of piperidine rings is 1. The fraction of sp³-hybridized carbons (Fsp3) is 0.609. The highest BCUT2D eigenvalue weighted by atomic mass is 35.5. The normalized spacial score (nSPS) is 15.9. The first-order valence-electron chi connectivity index (χ1n) is 11.6. The highest BCUT2D eigenvalue weighted by molar-refractivity contribution is 6.00. The van der Waals surface area contributed by atoms with Crippen molar-refractivity contribution in [3.05, 3.63) is 34.2 Å². The average molecular weight is 515 g/mol. The van der Waals surface area contributed by atoms with Crippen molar-refractivity contribution in [3.8, 4) is 0 Å². The van der Waals surface area contributed by atoms with Crippen LogP contribution in [0.5, 0.6) is 0 Å². The Hall–Kier alpha value is -2.28. The standard InChI is InChI=1S/C23H34N4O7.ClH/c1-26-21-17(7-9-31-11-13-33-15-16-34-14-12-32-10-8-24)3-2-4-18(21)27(23(26)30)19-5-6-20(28)25-22(19)29;/h2-4,19H,5-16,24H2,1H3,(H,25,28,29);1H. The Morgan fingerprint density at radius 2 is 1.54 bits per heavy atom. The first kappa shape index (κ1) is 29.0. The number of rotatable bonds is 15. The van der Waals surface area contributed by atoms with Crippen LogP contribution in [0.2, 0.25) is 0 Å². The Morgan fingerprint density at radius 3 is 2.14 bits per heavy atom. The molecule has 1 saturated heterocycles. The lowest BCUT2D eigenvalue weighted by atomic mass is 10.1. The van der Waals surface area contributed by atoms with Crippen molar-refractivity contribution in [2.45, 2.75) is 25.3 Å². The fourth-order valence-corrected chi connectivity index (χ4v) is 3.98. The second-order valence-electron chi connectivity index (χ2n) is 7.95. The number of imidazole rings is 1. The SMILES string of the molecule is Cl.Cn1c(=O)n(C2CCC(=O)NC2=O)c2cccc(CCOCCOCCOCCOCCN)c21. The summed E-state index contributed by atoms with van der Waals surface area (Å²) in [5, 5.41) is 2.33. The van der Waals surface area contributed by atoms with E-state index in [1.165, 1.54) is 4.57 Å². The molecule has 3 N–H and O–H groups in total. The van der Waals surface area contributed by atoms with E-state index in [-0.39, 0.29) is 30.4 Å². The number of halogens is 1. The third-order valence-corrected chi connectivity index (χ3v) is 5.60. The average Bonchev–Trinajstić information content (AvgIpc) is 3.08. The summed E-state index contributed by atoms with van der Waals surface area (Å²) >= 11 is 0. The fourth-order valence-electron chi connectivity index (χ4n) is 3.98. The molecule has 12 heteroatoms. The van der Waals surface area contributed by atoms with Crippen LogP contribution in [0.4, 0.5) is 0 Å². The quantitative estimate of drug-likeness (QED) is 0.256. The highest BCUT2D eigenvalue weighted by Gasteiger charge is 2.31. The third kappa shape index (κ3) is 7.86. The van der Waals surface area contributed by atoms with Gasteiger partial charge in [0, 0.05) is 20.0 Å². The van der Waals surface area contributed by atoms with Crippen LogP contribution >= 0.6 is 12.4 Å². The van der Waals surface area contributed by atoms with E-state index < -0.39 is 11.9 Å². The maximum Gasteiger partial charge on any atom is 0.329 e. The topological polar surface area (TPSA) is 136 Å². The summed E-state index contributed by atoms with van der Waals surface area (Å²) in [7, 11) is 1.69. The third-order valence-electron chi connectivity index (χ3n) is 5.60. The zero-order chi connectivity index (χ0) is 24.3. The Kier molecular flexibility index (Phi) is 12.4. The molecule has 1 aromatic heterocycles. The van der Waals surface area contributed by atoms with Gasteiger partial charge in [-0.2, -0.15) is 0 Å². The molecule has 3 rings (SSSR count). The van der Waals surface area contributed by atoms with Gasteiger partial charge >= 0.3 is 5.69 Å². The number of hydrogen-bond acceptors (Lipinski definition) is 8.